The molecule has 9 heteroatoms. The summed E-state index contributed by atoms with van der Waals surface area (Å²) in [5, 5.41) is 11.8. The summed E-state index contributed by atoms with van der Waals surface area (Å²) in [6, 6.07) is 8.14. The van der Waals surface area contributed by atoms with Gasteiger partial charge < -0.3 is 10.6 Å². The van der Waals surface area contributed by atoms with Gasteiger partial charge in [-0.2, -0.15) is 5.10 Å². The smallest absolute Gasteiger partial charge is 0.191 e. The summed E-state index contributed by atoms with van der Waals surface area (Å²) in [7, 11) is 0. The Labute approximate surface area is 180 Å². The van der Waals surface area contributed by atoms with Crippen LogP contribution in [0.25, 0.3) is 5.69 Å². The maximum Gasteiger partial charge on any atom is 0.191 e. The molecule has 0 spiro atoms. The molecule has 0 aliphatic rings. The Morgan fingerprint density at radius 2 is 1.96 bits per heavy atom. The summed E-state index contributed by atoms with van der Waals surface area (Å²) in [5.74, 6) is 0.790. The molecule has 3 rings (SSSR count). The first-order valence-electron chi connectivity index (χ1n) is 8.54. The van der Waals surface area contributed by atoms with Gasteiger partial charge in [0, 0.05) is 11.4 Å². The van der Waals surface area contributed by atoms with E-state index in [2.05, 4.69) is 56.7 Å². The molecule has 2 N–H and O–H groups in total. The van der Waals surface area contributed by atoms with Crippen molar-refractivity contribution in [2.24, 2.45) is 4.99 Å². The third-order valence-electron chi connectivity index (χ3n) is 3.86. The van der Waals surface area contributed by atoms with Crippen LogP contribution in [-0.4, -0.2) is 32.3 Å². The summed E-state index contributed by atoms with van der Waals surface area (Å²) in [5.41, 5.74) is 3.21. The molecule has 27 heavy (non-hydrogen) atoms. The van der Waals surface area contributed by atoms with Crippen LogP contribution in [-0.2, 0) is 13.1 Å². The summed E-state index contributed by atoms with van der Waals surface area (Å²) in [6.45, 7) is 8.28. The molecule has 0 unspecified atom stereocenters. The molecule has 2 heterocycles. The van der Waals surface area contributed by atoms with E-state index in [1.165, 1.54) is 11.2 Å². The zero-order chi connectivity index (χ0) is 18.4. The van der Waals surface area contributed by atoms with E-state index in [4.69, 9.17) is 0 Å². The minimum atomic E-state index is 0. The van der Waals surface area contributed by atoms with Gasteiger partial charge in [0.15, 0.2) is 5.96 Å². The number of nitrogens with one attached hydrogen (secondary N) is 2. The number of benzene rings is 1. The fraction of sp³-hybridized carbons (Fsp3) is 0.333. The summed E-state index contributed by atoms with van der Waals surface area (Å²) in [4.78, 5) is 14.4. The van der Waals surface area contributed by atoms with Crippen LogP contribution in [0.2, 0.25) is 0 Å². The van der Waals surface area contributed by atoms with E-state index < -0.39 is 0 Å². The monoisotopic (exact) mass is 497 g/mol. The number of hydrogen-bond acceptors (Lipinski definition) is 5. The molecule has 0 saturated heterocycles. The Bertz CT molecular complexity index is 837. The maximum atomic E-state index is 4.66. The second-order valence-electron chi connectivity index (χ2n) is 5.80. The van der Waals surface area contributed by atoms with Crippen molar-refractivity contribution in [3.63, 3.8) is 0 Å². The highest BCUT2D eigenvalue weighted by Crippen LogP contribution is 2.16. The Kier molecular flexibility index (Phi) is 8.17. The number of aryl methyl sites for hydroxylation is 2. The van der Waals surface area contributed by atoms with Crippen molar-refractivity contribution in [3.8, 4) is 5.69 Å². The lowest BCUT2D eigenvalue weighted by atomic mass is 10.2. The van der Waals surface area contributed by atoms with Crippen molar-refractivity contribution in [3.05, 3.63) is 58.1 Å². The topological polar surface area (TPSA) is 80.0 Å². The fourth-order valence-electron chi connectivity index (χ4n) is 2.38. The fourth-order valence-corrected chi connectivity index (χ4v) is 3.26. The van der Waals surface area contributed by atoms with Gasteiger partial charge in [0.05, 0.1) is 24.5 Å². The van der Waals surface area contributed by atoms with Gasteiger partial charge in [0.25, 0.3) is 0 Å². The normalized spacial score (nSPS) is 11.1. The molecular weight excluding hydrogens is 473 g/mol. The lowest BCUT2D eigenvalue weighted by Crippen LogP contribution is -2.36. The highest BCUT2D eigenvalue weighted by Gasteiger charge is 2.05. The number of thiazole rings is 1. The largest absolute Gasteiger partial charge is 0.357 e. The van der Waals surface area contributed by atoms with E-state index in [9.17, 15) is 0 Å². The second kappa shape index (κ2) is 10.4. The Hall–Kier alpha value is -2.01. The van der Waals surface area contributed by atoms with E-state index in [0.717, 1.165) is 34.5 Å². The molecule has 0 radical (unpaired) electrons. The van der Waals surface area contributed by atoms with Gasteiger partial charge in [-0.05, 0) is 38.5 Å². The molecule has 144 valence electrons. The van der Waals surface area contributed by atoms with Gasteiger partial charge >= 0.3 is 0 Å². The Balaban J connectivity index is 0.00000261. The molecule has 0 atom stereocenters. The number of aromatic nitrogens is 4. The van der Waals surface area contributed by atoms with Crippen LogP contribution in [0.4, 0.5) is 0 Å². The Morgan fingerprint density at radius 1 is 1.19 bits per heavy atom. The molecule has 0 saturated carbocycles. The number of rotatable bonds is 6. The SMILES string of the molecule is CCNC(=NCc1ccc(-n2cncn2)cc1)NCc1nc(C)c(C)s1.I. The summed E-state index contributed by atoms with van der Waals surface area (Å²) < 4.78 is 1.73. The van der Waals surface area contributed by atoms with Crippen molar-refractivity contribution < 1.29 is 0 Å². The van der Waals surface area contributed by atoms with Gasteiger partial charge in [0.1, 0.15) is 17.7 Å². The lowest BCUT2D eigenvalue weighted by molar-refractivity contribution is 0.809. The van der Waals surface area contributed by atoms with E-state index >= 15 is 0 Å². The third kappa shape index (κ3) is 5.99. The maximum absolute atomic E-state index is 4.66. The molecule has 0 amide bonds. The van der Waals surface area contributed by atoms with Crippen LogP contribution in [0.15, 0.2) is 41.9 Å². The molecule has 3 aromatic rings. The summed E-state index contributed by atoms with van der Waals surface area (Å²) in [6.07, 6.45) is 3.21. The number of nitrogens with zero attached hydrogens (tertiary/aromatic N) is 5. The van der Waals surface area contributed by atoms with Crippen LogP contribution in [0.5, 0.6) is 0 Å². The first-order valence-corrected chi connectivity index (χ1v) is 9.36. The van der Waals surface area contributed by atoms with E-state index in [0.29, 0.717) is 13.1 Å². The zero-order valence-corrected chi connectivity index (χ0v) is 18.8. The van der Waals surface area contributed by atoms with Crippen molar-refractivity contribution >= 4 is 41.3 Å². The van der Waals surface area contributed by atoms with Crippen LogP contribution in [0, 0.1) is 13.8 Å². The first kappa shape index (κ1) is 21.3. The molecule has 2 aromatic heterocycles. The summed E-state index contributed by atoms with van der Waals surface area (Å²) >= 11 is 1.72. The molecule has 0 aliphatic heterocycles. The number of hydrogen-bond donors (Lipinski definition) is 2. The molecular formula is C18H24IN7S. The highest BCUT2D eigenvalue weighted by atomic mass is 127. The van der Waals surface area contributed by atoms with E-state index in [1.807, 2.05) is 19.1 Å². The quantitative estimate of drug-likeness (QED) is 0.311. The predicted octanol–water partition coefficient (Wildman–Crippen LogP) is 3.21. The first-order chi connectivity index (χ1) is 12.7. The highest BCUT2D eigenvalue weighted by molar-refractivity contribution is 14.0. The number of halogens is 1. The molecule has 7 nitrogen and oxygen atoms in total. The number of aliphatic imine (C=N–C) groups is 1. The van der Waals surface area contributed by atoms with Crippen LogP contribution in [0.1, 0.15) is 28.1 Å². The standard InChI is InChI=1S/C18H23N7S.HI/c1-4-20-18(22-10-17-24-13(2)14(3)26-17)21-9-15-5-7-16(8-6-15)25-12-19-11-23-25;/h5-8,11-12H,4,9-10H2,1-3H3,(H2,20,21,22);1H. The van der Waals surface area contributed by atoms with Crippen molar-refractivity contribution in [2.75, 3.05) is 6.54 Å². The zero-order valence-electron chi connectivity index (χ0n) is 15.6. The van der Waals surface area contributed by atoms with Gasteiger partial charge in [-0.1, -0.05) is 12.1 Å². The van der Waals surface area contributed by atoms with Gasteiger partial charge in [-0.3, -0.25) is 0 Å². The predicted molar refractivity (Wildman–Crippen MR) is 120 cm³/mol. The van der Waals surface area contributed by atoms with Gasteiger partial charge in [-0.15, -0.1) is 35.3 Å². The van der Waals surface area contributed by atoms with Crippen LogP contribution in [0.3, 0.4) is 0 Å². The minimum absolute atomic E-state index is 0. The minimum Gasteiger partial charge on any atom is -0.357 e. The second-order valence-corrected chi connectivity index (χ2v) is 7.09. The lowest BCUT2D eigenvalue weighted by Gasteiger charge is -2.10. The van der Waals surface area contributed by atoms with E-state index in [1.54, 1.807) is 22.3 Å². The van der Waals surface area contributed by atoms with Crippen LogP contribution < -0.4 is 10.6 Å². The van der Waals surface area contributed by atoms with E-state index in [-0.39, 0.29) is 24.0 Å². The average Bonchev–Trinajstić information content (AvgIpc) is 3.28. The average molecular weight is 497 g/mol. The Morgan fingerprint density at radius 3 is 2.56 bits per heavy atom. The molecule has 0 bridgehead atoms. The van der Waals surface area contributed by atoms with Crippen molar-refractivity contribution in [2.45, 2.75) is 33.9 Å². The molecule has 0 aliphatic carbocycles. The molecule has 0 fully saturated rings. The van der Waals surface area contributed by atoms with Crippen molar-refractivity contribution in [1.29, 1.82) is 0 Å². The van der Waals surface area contributed by atoms with Crippen molar-refractivity contribution in [1.82, 2.24) is 30.4 Å². The third-order valence-corrected chi connectivity index (χ3v) is 4.94. The van der Waals surface area contributed by atoms with Crippen LogP contribution >= 0.6 is 35.3 Å². The number of guanidine groups is 1. The van der Waals surface area contributed by atoms with Gasteiger partial charge in [0.2, 0.25) is 0 Å². The molecule has 1 aromatic carbocycles. The van der Waals surface area contributed by atoms with Gasteiger partial charge in [-0.25, -0.2) is 19.6 Å².